The van der Waals surface area contributed by atoms with Crippen molar-refractivity contribution in [2.24, 2.45) is 0 Å². The predicted molar refractivity (Wildman–Crippen MR) is 134 cm³/mol. The van der Waals surface area contributed by atoms with Crippen LogP contribution in [-0.4, -0.2) is 47.5 Å². The van der Waals surface area contributed by atoms with Crippen molar-refractivity contribution in [3.8, 4) is 0 Å². The highest BCUT2D eigenvalue weighted by Crippen LogP contribution is 2.36. The summed E-state index contributed by atoms with van der Waals surface area (Å²) < 4.78 is 53.2. The fourth-order valence-electron chi connectivity index (χ4n) is 4.25. The zero-order chi connectivity index (χ0) is 24.1. The van der Waals surface area contributed by atoms with E-state index in [0.29, 0.717) is 19.6 Å². The molecule has 2 atom stereocenters. The van der Waals surface area contributed by atoms with Crippen molar-refractivity contribution in [2.75, 3.05) is 24.2 Å². The van der Waals surface area contributed by atoms with E-state index in [1.807, 2.05) is 30.3 Å². The molecule has 0 spiro atoms. The SMILES string of the molecule is CC(C)S(=O)(=O)N[C@@H]1CCC[C@@H]1c1ccc(N(CCNS(C)(=O)=O)Cc2ccccc2)cc1. The predicted octanol–water partition coefficient (Wildman–Crippen LogP) is 3.21. The topological polar surface area (TPSA) is 95.6 Å². The average Bonchev–Trinajstić information content (AvgIpc) is 3.20. The summed E-state index contributed by atoms with van der Waals surface area (Å²) >= 11 is 0. The Morgan fingerprint density at radius 2 is 1.64 bits per heavy atom. The Kier molecular flexibility index (Phi) is 8.55. The molecule has 182 valence electrons. The standard InChI is InChI=1S/C24H35N3O4S2/c1-19(2)33(30,31)26-24-11-7-10-23(24)21-12-14-22(15-13-21)27(17-16-25-32(3,28)29)18-20-8-5-4-6-9-20/h4-6,8-9,12-15,19,23-26H,7,10-11,16-18H2,1-3H3/t23-,24-/m1/s1. The Labute approximate surface area is 198 Å². The van der Waals surface area contributed by atoms with Gasteiger partial charge in [0.1, 0.15) is 0 Å². The molecule has 0 aromatic heterocycles. The van der Waals surface area contributed by atoms with Crippen molar-refractivity contribution >= 4 is 25.7 Å². The third-order valence-electron chi connectivity index (χ3n) is 6.10. The molecule has 2 aromatic rings. The minimum absolute atomic E-state index is 0.0809. The van der Waals surface area contributed by atoms with Crippen LogP contribution < -0.4 is 14.3 Å². The largest absolute Gasteiger partial charge is 0.366 e. The van der Waals surface area contributed by atoms with Crippen LogP contribution in [0.3, 0.4) is 0 Å². The summed E-state index contributed by atoms with van der Waals surface area (Å²) in [5, 5.41) is -0.451. The molecule has 1 aliphatic carbocycles. The molecule has 1 aliphatic rings. The zero-order valence-electron chi connectivity index (χ0n) is 19.6. The molecule has 0 bridgehead atoms. The highest BCUT2D eigenvalue weighted by atomic mass is 32.2. The third-order valence-corrected chi connectivity index (χ3v) is 8.70. The second-order valence-corrected chi connectivity index (χ2v) is 13.1. The van der Waals surface area contributed by atoms with Crippen LogP contribution in [0.5, 0.6) is 0 Å². The molecule has 1 fully saturated rings. The van der Waals surface area contributed by atoms with Crippen molar-refractivity contribution in [1.29, 1.82) is 0 Å². The summed E-state index contributed by atoms with van der Waals surface area (Å²) in [4.78, 5) is 2.14. The molecule has 0 heterocycles. The Hall–Kier alpha value is -1.94. The summed E-state index contributed by atoms with van der Waals surface area (Å²) in [5.74, 6) is 0.155. The number of benzene rings is 2. The first-order valence-corrected chi connectivity index (χ1v) is 14.8. The van der Waals surface area contributed by atoms with Gasteiger partial charge in [-0.3, -0.25) is 0 Å². The first kappa shape index (κ1) is 25.7. The van der Waals surface area contributed by atoms with E-state index in [-0.39, 0.29) is 12.0 Å². The lowest BCUT2D eigenvalue weighted by atomic mass is 9.94. The van der Waals surface area contributed by atoms with E-state index in [9.17, 15) is 16.8 Å². The van der Waals surface area contributed by atoms with Crippen molar-refractivity contribution in [3.05, 3.63) is 65.7 Å². The Morgan fingerprint density at radius 3 is 2.24 bits per heavy atom. The highest BCUT2D eigenvalue weighted by molar-refractivity contribution is 7.90. The van der Waals surface area contributed by atoms with Gasteiger partial charge in [-0.15, -0.1) is 0 Å². The van der Waals surface area contributed by atoms with Crippen LogP contribution in [-0.2, 0) is 26.6 Å². The smallest absolute Gasteiger partial charge is 0.214 e. The minimum atomic E-state index is -3.32. The molecule has 0 amide bonds. The Balaban J connectivity index is 1.76. The first-order chi connectivity index (χ1) is 15.5. The molecule has 33 heavy (non-hydrogen) atoms. The summed E-state index contributed by atoms with van der Waals surface area (Å²) in [6, 6.07) is 18.2. The summed E-state index contributed by atoms with van der Waals surface area (Å²) in [5.41, 5.74) is 3.26. The van der Waals surface area contributed by atoms with Gasteiger partial charge in [-0.2, -0.15) is 0 Å². The van der Waals surface area contributed by atoms with Gasteiger partial charge >= 0.3 is 0 Å². The number of nitrogens with zero attached hydrogens (tertiary/aromatic N) is 1. The molecule has 2 aromatic carbocycles. The van der Waals surface area contributed by atoms with Gasteiger partial charge in [0, 0.05) is 37.3 Å². The van der Waals surface area contributed by atoms with Crippen molar-refractivity contribution < 1.29 is 16.8 Å². The van der Waals surface area contributed by atoms with Gasteiger partial charge in [0.2, 0.25) is 20.0 Å². The lowest BCUT2D eigenvalue weighted by molar-refractivity contribution is 0.519. The van der Waals surface area contributed by atoms with Crippen LogP contribution >= 0.6 is 0 Å². The third kappa shape index (κ3) is 7.53. The van der Waals surface area contributed by atoms with Crippen LogP contribution in [0, 0.1) is 0 Å². The van der Waals surface area contributed by atoms with Crippen LogP contribution in [0.15, 0.2) is 54.6 Å². The maximum Gasteiger partial charge on any atom is 0.214 e. The molecular formula is C24H35N3O4S2. The molecule has 1 saturated carbocycles. The van der Waals surface area contributed by atoms with E-state index in [4.69, 9.17) is 0 Å². The van der Waals surface area contributed by atoms with Gasteiger partial charge in [0.15, 0.2) is 0 Å². The van der Waals surface area contributed by atoms with E-state index in [1.165, 1.54) is 0 Å². The number of rotatable bonds is 11. The second-order valence-electron chi connectivity index (χ2n) is 9.02. The molecule has 0 radical (unpaired) electrons. The number of hydrogen-bond acceptors (Lipinski definition) is 5. The average molecular weight is 494 g/mol. The minimum Gasteiger partial charge on any atom is -0.366 e. The zero-order valence-corrected chi connectivity index (χ0v) is 21.2. The molecule has 0 saturated heterocycles. The van der Waals surface area contributed by atoms with Gasteiger partial charge in [-0.05, 0) is 49.9 Å². The molecule has 0 aliphatic heterocycles. The lowest BCUT2D eigenvalue weighted by Crippen LogP contribution is -2.40. The van der Waals surface area contributed by atoms with Crippen molar-refractivity contribution in [3.63, 3.8) is 0 Å². The molecule has 0 unspecified atom stereocenters. The summed E-state index contributed by atoms with van der Waals surface area (Å²) in [6.45, 7) is 4.89. The Bertz CT molecular complexity index is 1100. The van der Waals surface area contributed by atoms with E-state index in [2.05, 4.69) is 38.6 Å². The fraction of sp³-hybridized carbons (Fsp3) is 0.500. The summed E-state index contributed by atoms with van der Waals surface area (Å²) in [7, 11) is -6.57. The molecule has 3 rings (SSSR count). The van der Waals surface area contributed by atoms with Gasteiger partial charge in [-0.1, -0.05) is 48.9 Å². The lowest BCUT2D eigenvalue weighted by Gasteiger charge is -2.27. The van der Waals surface area contributed by atoms with Gasteiger partial charge in [0.05, 0.1) is 11.5 Å². The van der Waals surface area contributed by atoms with E-state index < -0.39 is 25.3 Å². The first-order valence-electron chi connectivity index (χ1n) is 11.4. The summed E-state index contributed by atoms with van der Waals surface area (Å²) in [6.07, 6.45) is 3.95. The van der Waals surface area contributed by atoms with Crippen LogP contribution in [0.1, 0.15) is 50.2 Å². The molecule has 9 heteroatoms. The van der Waals surface area contributed by atoms with Gasteiger partial charge < -0.3 is 4.90 Å². The van der Waals surface area contributed by atoms with Crippen LogP contribution in [0.2, 0.25) is 0 Å². The van der Waals surface area contributed by atoms with E-state index in [1.54, 1.807) is 13.8 Å². The van der Waals surface area contributed by atoms with Crippen molar-refractivity contribution in [1.82, 2.24) is 9.44 Å². The second kappa shape index (κ2) is 11.0. The monoisotopic (exact) mass is 493 g/mol. The van der Waals surface area contributed by atoms with E-state index >= 15 is 0 Å². The highest BCUT2D eigenvalue weighted by Gasteiger charge is 2.32. The van der Waals surface area contributed by atoms with Gasteiger partial charge in [-0.25, -0.2) is 26.3 Å². The fourth-order valence-corrected chi connectivity index (χ4v) is 5.69. The van der Waals surface area contributed by atoms with Crippen LogP contribution in [0.25, 0.3) is 0 Å². The number of hydrogen-bond donors (Lipinski definition) is 2. The van der Waals surface area contributed by atoms with Gasteiger partial charge in [0.25, 0.3) is 0 Å². The number of nitrogens with one attached hydrogen (secondary N) is 2. The molecule has 7 nitrogen and oxygen atoms in total. The molecule has 2 N–H and O–H groups in total. The van der Waals surface area contributed by atoms with Crippen molar-refractivity contribution in [2.45, 2.75) is 56.9 Å². The van der Waals surface area contributed by atoms with Crippen LogP contribution in [0.4, 0.5) is 5.69 Å². The number of anilines is 1. The van der Waals surface area contributed by atoms with E-state index in [0.717, 1.165) is 42.3 Å². The maximum atomic E-state index is 12.4. The normalized spacial score (nSPS) is 19.2. The maximum absolute atomic E-state index is 12.4. The number of sulfonamides is 2. The Morgan fingerprint density at radius 1 is 0.970 bits per heavy atom. The molecular weight excluding hydrogens is 458 g/mol. The quantitative estimate of drug-likeness (QED) is 0.501.